The van der Waals surface area contributed by atoms with Gasteiger partial charge in [0.25, 0.3) is 0 Å². The zero-order valence-corrected chi connectivity index (χ0v) is 14.3. The lowest BCUT2D eigenvalue weighted by Crippen LogP contribution is -2.40. The first kappa shape index (κ1) is 20.3. The number of nitrogens with zero attached hydrogens (tertiary/aromatic N) is 1. The Morgan fingerprint density at radius 2 is 1.80 bits per heavy atom. The van der Waals surface area contributed by atoms with E-state index in [0.29, 0.717) is 10.0 Å². The van der Waals surface area contributed by atoms with Gasteiger partial charge in [-0.1, -0.05) is 29.3 Å². The van der Waals surface area contributed by atoms with Crippen molar-refractivity contribution in [2.45, 2.75) is 6.54 Å². The predicted molar refractivity (Wildman–Crippen MR) is 89.9 cm³/mol. The second-order valence-corrected chi connectivity index (χ2v) is 5.19. The Labute approximate surface area is 142 Å². The normalized spacial score (nSPS) is 15.3. The highest BCUT2D eigenvalue weighted by Crippen LogP contribution is 2.22. The van der Waals surface area contributed by atoms with E-state index in [1.807, 2.05) is 18.2 Å². The molecule has 1 aromatic rings. The number of rotatable bonds is 5. The van der Waals surface area contributed by atoms with Crippen LogP contribution in [0.1, 0.15) is 5.56 Å². The zero-order valence-electron chi connectivity index (χ0n) is 11.1. The minimum atomic E-state index is 0. The number of nitrogens with one attached hydrogen (secondary N) is 1. The Morgan fingerprint density at radius 1 is 1.10 bits per heavy atom. The van der Waals surface area contributed by atoms with Gasteiger partial charge in [0.15, 0.2) is 0 Å². The molecule has 0 amide bonds. The Balaban J connectivity index is 0.00000180. The number of hydrogen-bond donors (Lipinski definition) is 1. The van der Waals surface area contributed by atoms with Gasteiger partial charge in [0.1, 0.15) is 0 Å². The maximum atomic E-state index is 5.97. The van der Waals surface area contributed by atoms with Crippen LogP contribution in [-0.4, -0.2) is 44.3 Å². The molecule has 7 heteroatoms. The first-order chi connectivity index (χ1) is 8.75. The van der Waals surface area contributed by atoms with Gasteiger partial charge in [-0.2, -0.15) is 0 Å². The van der Waals surface area contributed by atoms with Crippen LogP contribution in [0.15, 0.2) is 18.2 Å². The van der Waals surface area contributed by atoms with Crippen molar-refractivity contribution < 1.29 is 4.74 Å². The maximum Gasteiger partial charge on any atom is 0.0595 e. The van der Waals surface area contributed by atoms with Crippen molar-refractivity contribution in [1.82, 2.24) is 10.2 Å². The fourth-order valence-electron chi connectivity index (χ4n) is 1.94. The molecule has 1 N–H and O–H groups in total. The monoisotopic (exact) mass is 360 g/mol. The molecule has 0 unspecified atom stereocenters. The van der Waals surface area contributed by atoms with Gasteiger partial charge in [-0.3, -0.25) is 4.90 Å². The lowest BCUT2D eigenvalue weighted by molar-refractivity contribution is 0.0384. The summed E-state index contributed by atoms with van der Waals surface area (Å²) >= 11 is 11.8. The molecule has 0 atom stereocenters. The molecule has 0 spiro atoms. The third-order valence-electron chi connectivity index (χ3n) is 3.02. The zero-order chi connectivity index (χ0) is 12.8. The maximum absolute atomic E-state index is 5.97. The molecule has 1 aliphatic rings. The summed E-state index contributed by atoms with van der Waals surface area (Å²) in [6, 6.07) is 5.74. The summed E-state index contributed by atoms with van der Waals surface area (Å²) < 4.78 is 5.31. The van der Waals surface area contributed by atoms with Crippen LogP contribution >= 0.6 is 48.0 Å². The third kappa shape index (κ3) is 6.81. The summed E-state index contributed by atoms with van der Waals surface area (Å²) in [4.78, 5) is 2.41. The first-order valence-corrected chi connectivity index (χ1v) is 6.96. The summed E-state index contributed by atoms with van der Waals surface area (Å²) in [5.41, 5.74) is 1.16. The molecule has 0 aliphatic carbocycles. The molecule has 1 aromatic carbocycles. The number of benzene rings is 1. The molecule has 3 nitrogen and oxygen atoms in total. The number of morpholine rings is 1. The molecule has 116 valence electrons. The molecular weight excluding hydrogens is 342 g/mol. The van der Waals surface area contributed by atoms with E-state index in [1.165, 1.54) is 0 Å². The Kier molecular flexibility index (Phi) is 11.1. The van der Waals surface area contributed by atoms with Crippen molar-refractivity contribution in [3.05, 3.63) is 33.8 Å². The van der Waals surface area contributed by atoms with Crippen LogP contribution in [0, 0.1) is 0 Å². The van der Waals surface area contributed by atoms with Crippen molar-refractivity contribution in [1.29, 1.82) is 0 Å². The van der Waals surface area contributed by atoms with Crippen LogP contribution in [0.4, 0.5) is 0 Å². The van der Waals surface area contributed by atoms with Gasteiger partial charge in [-0.25, -0.2) is 0 Å². The molecule has 0 saturated carbocycles. The molecule has 0 radical (unpaired) electrons. The fraction of sp³-hybridized carbons (Fsp3) is 0.538. The average molecular weight is 362 g/mol. The molecule has 1 aliphatic heterocycles. The Bertz CT molecular complexity index is 387. The molecule has 20 heavy (non-hydrogen) atoms. The van der Waals surface area contributed by atoms with Gasteiger partial charge >= 0.3 is 0 Å². The van der Waals surface area contributed by atoms with E-state index in [-0.39, 0.29) is 24.8 Å². The van der Waals surface area contributed by atoms with Gasteiger partial charge in [-0.15, -0.1) is 24.8 Å². The molecular formula is C13H20Cl4N2O. The van der Waals surface area contributed by atoms with Crippen LogP contribution in [-0.2, 0) is 11.3 Å². The first-order valence-electron chi connectivity index (χ1n) is 6.20. The van der Waals surface area contributed by atoms with Crippen molar-refractivity contribution in [3.8, 4) is 0 Å². The van der Waals surface area contributed by atoms with Crippen molar-refractivity contribution in [3.63, 3.8) is 0 Å². The molecule has 0 bridgehead atoms. The summed E-state index contributed by atoms with van der Waals surface area (Å²) in [5.74, 6) is 0. The second kappa shape index (κ2) is 10.9. The Morgan fingerprint density at radius 3 is 2.45 bits per heavy atom. The van der Waals surface area contributed by atoms with Crippen molar-refractivity contribution in [2.24, 2.45) is 0 Å². The van der Waals surface area contributed by atoms with Gasteiger partial charge < -0.3 is 10.1 Å². The molecule has 1 heterocycles. The topological polar surface area (TPSA) is 24.5 Å². The summed E-state index contributed by atoms with van der Waals surface area (Å²) in [6.45, 7) is 6.63. The lowest BCUT2D eigenvalue weighted by atomic mass is 10.2. The summed E-state index contributed by atoms with van der Waals surface area (Å²) in [6.07, 6.45) is 0. The molecule has 1 saturated heterocycles. The van der Waals surface area contributed by atoms with E-state index >= 15 is 0 Å². The third-order valence-corrected chi connectivity index (χ3v) is 3.76. The minimum Gasteiger partial charge on any atom is -0.379 e. The minimum absolute atomic E-state index is 0. The number of hydrogen-bond acceptors (Lipinski definition) is 3. The predicted octanol–water partition coefficient (Wildman–Crippen LogP) is 3.26. The SMILES string of the molecule is Cl.Cl.Clc1ccc(CNCCN2CCOCC2)cc1Cl. The lowest BCUT2D eigenvalue weighted by Gasteiger charge is -2.26. The highest BCUT2D eigenvalue weighted by molar-refractivity contribution is 6.42. The van der Waals surface area contributed by atoms with Gasteiger partial charge in [0, 0.05) is 32.7 Å². The van der Waals surface area contributed by atoms with Crippen LogP contribution in [0.2, 0.25) is 10.0 Å². The number of ether oxygens (including phenoxy) is 1. The average Bonchev–Trinajstić information content (AvgIpc) is 2.40. The second-order valence-electron chi connectivity index (χ2n) is 4.38. The number of halogens is 4. The van der Waals surface area contributed by atoms with Crippen LogP contribution < -0.4 is 5.32 Å². The van der Waals surface area contributed by atoms with Crippen molar-refractivity contribution >= 4 is 48.0 Å². The van der Waals surface area contributed by atoms with E-state index in [0.717, 1.165) is 51.5 Å². The summed E-state index contributed by atoms with van der Waals surface area (Å²) in [5, 5.41) is 4.63. The smallest absolute Gasteiger partial charge is 0.0595 e. The van der Waals surface area contributed by atoms with E-state index in [9.17, 15) is 0 Å². The van der Waals surface area contributed by atoms with E-state index in [2.05, 4.69) is 10.2 Å². The summed E-state index contributed by atoms with van der Waals surface area (Å²) in [7, 11) is 0. The largest absolute Gasteiger partial charge is 0.379 e. The van der Waals surface area contributed by atoms with Gasteiger partial charge in [0.05, 0.1) is 23.3 Å². The van der Waals surface area contributed by atoms with Crippen molar-refractivity contribution in [2.75, 3.05) is 39.4 Å². The quantitative estimate of drug-likeness (QED) is 0.814. The molecule has 1 fully saturated rings. The van der Waals surface area contributed by atoms with E-state index < -0.39 is 0 Å². The molecule has 0 aromatic heterocycles. The van der Waals surface area contributed by atoms with Gasteiger partial charge in [0.2, 0.25) is 0 Å². The van der Waals surface area contributed by atoms with Crippen LogP contribution in [0.3, 0.4) is 0 Å². The highest BCUT2D eigenvalue weighted by atomic mass is 35.5. The Hall–Kier alpha value is 0.260. The molecule has 2 rings (SSSR count). The highest BCUT2D eigenvalue weighted by Gasteiger charge is 2.08. The van der Waals surface area contributed by atoms with E-state index in [4.69, 9.17) is 27.9 Å². The standard InChI is InChI=1S/C13H18Cl2N2O.2ClH/c14-12-2-1-11(9-13(12)15)10-16-3-4-17-5-7-18-8-6-17;;/h1-2,9,16H,3-8,10H2;2*1H. The van der Waals surface area contributed by atoms with E-state index in [1.54, 1.807) is 0 Å². The van der Waals surface area contributed by atoms with Gasteiger partial charge in [-0.05, 0) is 17.7 Å². The van der Waals surface area contributed by atoms with Crippen LogP contribution in [0.25, 0.3) is 0 Å². The fourth-order valence-corrected chi connectivity index (χ4v) is 2.26. The van der Waals surface area contributed by atoms with Crippen LogP contribution in [0.5, 0.6) is 0 Å².